The number of nitrogens with zero attached hydrogens (tertiary/aromatic N) is 4. The molecule has 0 saturated carbocycles. The van der Waals surface area contributed by atoms with Gasteiger partial charge in [0.05, 0.1) is 12.9 Å². The maximum Gasteiger partial charge on any atom is 0.209 e. The van der Waals surface area contributed by atoms with E-state index in [-0.39, 0.29) is 12.4 Å². The van der Waals surface area contributed by atoms with Crippen molar-refractivity contribution in [1.82, 2.24) is 19.5 Å². The van der Waals surface area contributed by atoms with Gasteiger partial charge < -0.3 is 30.1 Å². The summed E-state index contributed by atoms with van der Waals surface area (Å²) >= 11 is 0. The normalized spacial score (nSPS) is 21.2. The van der Waals surface area contributed by atoms with Crippen molar-refractivity contribution in [1.29, 1.82) is 0 Å². The van der Waals surface area contributed by atoms with E-state index in [9.17, 15) is 15.3 Å². The molecule has 4 atom stereocenters. The lowest BCUT2D eigenvalue weighted by Gasteiger charge is -2.16. The Morgan fingerprint density at radius 3 is 2.47 bits per heavy atom. The third kappa shape index (κ3) is 5.00. The van der Waals surface area contributed by atoms with Crippen LogP contribution in [0.1, 0.15) is 17.6 Å². The monoisotopic (exact) mass is 487 g/mol. The molecule has 5 rings (SSSR count). The number of imidazole rings is 1. The van der Waals surface area contributed by atoms with E-state index in [0.29, 0.717) is 29.3 Å². The average Bonchev–Trinajstić information content (AvgIpc) is 3.46. The Hall–Kier alpha value is -4.01. The second-order valence-electron chi connectivity index (χ2n) is 8.19. The van der Waals surface area contributed by atoms with Crippen molar-refractivity contribution in [2.24, 2.45) is 0 Å². The van der Waals surface area contributed by atoms with E-state index < -0.39 is 31.1 Å². The maximum atomic E-state index is 10.5. The first kappa shape index (κ1) is 23.7. The maximum absolute atomic E-state index is 10.5. The molecule has 36 heavy (non-hydrogen) atoms. The molecule has 3 heterocycles. The van der Waals surface area contributed by atoms with E-state index in [0.717, 1.165) is 5.56 Å². The molecule has 1 saturated heterocycles. The van der Waals surface area contributed by atoms with Crippen LogP contribution in [0.3, 0.4) is 0 Å². The molecule has 1 aliphatic rings. The van der Waals surface area contributed by atoms with Gasteiger partial charge in [-0.15, -0.1) is 0 Å². The summed E-state index contributed by atoms with van der Waals surface area (Å²) < 4.78 is 12.8. The van der Waals surface area contributed by atoms with Crippen LogP contribution in [0.25, 0.3) is 11.2 Å². The standard InChI is InChI=1S/C26H25N5O5/c32-15-19-22(33)23(34)26(36-19)31-16-28-21-24(27-14-17-8-3-1-4-9-17)29-20(30-25(21)31)12-7-13-35-18-10-5-2-6-11-18/h1-6,8-11,16,19,22-23,26,32-34H,13-15H2,(H,27,29,30)/t19-,22-,23-,26-/m1/s1. The second-order valence-corrected chi connectivity index (χ2v) is 8.19. The Kier molecular flexibility index (Phi) is 7.06. The number of hydrogen-bond acceptors (Lipinski definition) is 9. The average molecular weight is 488 g/mol. The molecule has 4 aromatic rings. The number of aromatic nitrogens is 4. The summed E-state index contributed by atoms with van der Waals surface area (Å²) in [5.41, 5.74) is 1.87. The Balaban J connectivity index is 1.46. The van der Waals surface area contributed by atoms with Crippen LogP contribution in [-0.2, 0) is 11.3 Å². The Labute approximate surface area is 207 Å². The lowest BCUT2D eigenvalue weighted by atomic mass is 10.1. The van der Waals surface area contributed by atoms with Crippen molar-refractivity contribution in [3.63, 3.8) is 0 Å². The van der Waals surface area contributed by atoms with Crippen LogP contribution in [0.15, 0.2) is 67.0 Å². The summed E-state index contributed by atoms with van der Waals surface area (Å²) in [6, 6.07) is 19.2. The first-order valence-electron chi connectivity index (χ1n) is 11.5. The Morgan fingerprint density at radius 1 is 1.00 bits per heavy atom. The van der Waals surface area contributed by atoms with E-state index in [1.54, 1.807) is 0 Å². The number of para-hydroxylation sites is 1. The predicted molar refractivity (Wildman–Crippen MR) is 131 cm³/mol. The van der Waals surface area contributed by atoms with Crippen molar-refractivity contribution in [3.8, 4) is 17.6 Å². The highest BCUT2D eigenvalue weighted by Crippen LogP contribution is 2.32. The highest BCUT2D eigenvalue weighted by atomic mass is 16.6. The molecule has 1 aliphatic heterocycles. The summed E-state index contributed by atoms with van der Waals surface area (Å²) in [6.07, 6.45) is -2.97. The van der Waals surface area contributed by atoms with Gasteiger partial charge in [0.15, 0.2) is 23.2 Å². The molecule has 10 heteroatoms. The minimum Gasteiger partial charge on any atom is -0.481 e. The number of anilines is 1. The smallest absolute Gasteiger partial charge is 0.209 e. The number of aliphatic hydroxyl groups is 3. The van der Waals surface area contributed by atoms with Crippen LogP contribution in [-0.4, -0.2) is 66.4 Å². The fraction of sp³-hybridized carbons (Fsp3) is 0.269. The third-order valence-corrected chi connectivity index (χ3v) is 5.77. The van der Waals surface area contributed by atoms with Crippen molar-refractivity contribution in [2.45, 2.75) is 31.1 Å². The first-order valence-corrected chi connectivity index (χ1v) is 11.5. The van der Waals surface area contributed by atoms with Gasteiger partial charge in [-0.2, -0.15) is 0 Å². The zero-order chi connectivity index (χ0) is 24.9. The van der Waals surface area contributed by atoms with Crippen LogP contribution >= 0.6 is 0 Å². The fourth-order valence-corrected chi connectivity index (χ4v) is 3.92. The molecule has 0 spiro atoms. The summed E-state index contributed by atoms with van der Waals surface area (Å²) in [7, 11) is 0. The Bertz CT molecular complexity index is 1370. The van der Waals surface area contributed by atoms with Crippen molar-refractivity contribution < 1.29 is 24.8 Å². The van der Waals surface area contributed by atoms with Crippen LogP contribution in [0, 0.1) is 11.8 Å². The zero-order valence-corrected chi connectivity index (χ0v) is 19.2. The molecule has 10 nitrogen and oxygen atoms in total. The largest absolute Gasteiger partial charge is 0.481 e. The van der Waals surface area contributed by atoms with Gasteiger partial charge in [0, 0.05) is 6.54 Å². The van der Waals surface area contributed by atoms with E-state index in [4.69, 9.17) is 9.47 Å². The minimum absolute atomic E-state index is 0.145. The number of ether oxygens (including phenoxy) is 2. The van der Waals surface area contributed by atoms with Gasteiger partial charge in [0.25, 0.3) is 0 Å². The highest BCUT2D eigenvalue weighted by molar-refractivity contribution is 5.83. The number of fused-ring (bicyclic) bond motifs is 1. The van der Waals surface area contributed by atoms with E-state index in [1.165, 1.54) is 10.9 Å². The van der Waals surface area contributed by atoms with Crippen LogP contribution in [0.2, 0.25) is 0 Å². The molecular formula is C26H25N5O5. The number of benzene rings is 2. The van der Waals surface area contributed by atoms with Crippen molar-refractivity contribution in [3.05, 3.63) is 78.4 Å². The summed E-state index contributed by atoms with van der Waals surface area (Å²) in [5, 5.41) is 33.5. The number of hydrogen-bond donors (Lipinski definition) is 4. The number of rotatable bonds is 7. The van der Waals surface area contributed by atoms with Crippen LogP contribution in [0.4, 0.5) is 5.82 Å². The first-order chi connectivity index (χ1) is 17.6. The molecule has 184 valence electrons. The topological polar surface area (TPSA) is 135 Å². The molecular weight excluding hydrogens is 462 g/mol. The van der Waals surface area contributed by atoms with Gasteiger partial charge in [-0.3, -0.25) is 4.57 Å². The fourth-order valence-electron chi connectivity index (χ4n) is 3.92. The van der Waals surface area contributed by atoms with E-state index >= 15 is 0 Å². The molecule has 0 unspecified atom stereocenters. The molecule has 0 amide bonds. The van der Waals surface area contributed by atoms with Gasteiger partial charge in [0.2, 0.25) is 5.82 Å². The molecule has 2 aromatic heterocycles. The van der Waals surface area contributed by atoms with Gasteiger partial charge >= 0.3 is 0 Å². The summed E-state index contributed by atoms with van der Waals surface area (Å²) in [4.78, 5) is 13.5. The van der Waals surface area contributed by atoms with E-state index in [2.05, 4.69) is 32.1 Å². The van der Waals surface area contributed by atoms with Crippen molar-refractivity contribution >= 4 is 17.0 Å². The van der Waals surface area contributed by atoms with Gasteiger partial charge in [-0.1, -0.05) is 54.5 Å². The molecule has 0 aliphatic carbocycles. The predicted octanol–water partition coefficient (Wildman–Crippen LogP) is 1.48. The zero-order valence-electron chi connectivity index (χ0n) is 19.2. The SMILES string of the molecule is OC[C@H]1O[C@@H](n2cnc3c(NCc4ccccc4)nc(C#CCOc4ccccc4)nc32)[C@H](O)[C@@H]1O. The molecule has 2 aromatic carbocycles. The van der Waals surface area contributed by atoms with E-state index in [1.807, 2.05) is 60.7 Å². The second kappa shape index (κ2) is 10.7. The third-order valence-electron chi connectivity index (χ3n) is 5.77. The lowest BCUT2D eigenvalue weighted by Crippen LogP contribution is -2.33. The van der Waals surface area contributed by atoms with Gasteiger partial charge in [-0.05, 0) is 23.6 Å². The molecule has 0 bridgehead atoms. The number of nitrogens with one attached hydrogen (secondary N) is 1. The lowest BCUT2D eigenvalue weighted by molar-refractivity contribution is -0.0511. The van der Waals surface area contributed by atoms with Crippen LogP contribution in [0.5, 0.6) is 5.75 Å². The molecule has 0 radical (unpaired) electrons. The highest BCUT2D eigenvalue weighted by Gasteiger charge is 2.44. The molecule has 4 N–H and O–H groups in total. The minimum atomic E-state index is -1.27. The van der Waals surface area contributed by atoms with Crippen molar-refractivity contribution in [2.75, 3.05) is 18.5 Å². The summed E-state index contributed by atoms with van der Waals surface area (Å²) in [6.45, 7) is 0.211. The molecule has 1 fully saturated rings. The Morgan fingerprint density at radius 2 is 1.75 bits per heavy atom. The van der Waals surface area contributed by atoms with Gasteiger partial charge in [-0.25, -0.2) is 15.0 Å². The quantitative estimate of drug-likeness (QED) is 0.286. The summed E-state index contributed by atoms with van der Waals surface area (Å²) in [5.74, 6) is 7.23. The number of aliphatic hydroxyl groups excluding tert-OH is 3. The van der Waals surface area contributed by atoms with Gasteiger partial charge in [0.1, 0.15) is 30.7 Å². The van der Waals surface area contributed by atoms with Crippen LogP contribution < -0.4 is 10.1 Å².